The van der Waals surface area contributed by atoms with Crippen molar-refractivity contribution in [2.75, 3.05) is 18.8 Å². The summed E-state index contributed by atoms with van der Waals surface area (Å²) in [7, 11) is -3.63. The summed E-state index contributed by atoms with van der Waals surface area (Å²) in [6.45, 7) is 10.5. The largest absolute Gasteiger partial charge is 0.389 e. The molecule has 7 heteroatoms. The van der Waals surface area contributed by atoms with Gasteiger partial charge in [-0.05, 0) is 24.2 Å². The Balaban J connectivity index is 4.71. The molecule has 0 rings (SSSR count). The molecule has 0 radical (unpaired) electrons. The average molecular weight is 331 g/mol. The predicted molar refractivity (Wildman–Crippen MR) is 79.6 cm³/mol. The molecule has 0 aromatic carbocycles. The van der Waals surface area contributed by atoms with Gasteiger partial charge >= 0.3 is 6.18 Å². The number of hydrogen-bond acceptors (Lipinski definition) is 2. The molecular formula is C14H28F3NO2S. The Morgan fingerprint density at radius 1 is 1.05 bits per heavy atom. The first kappa shape index (κ1) is 20.7. The third-order valence-electron chi connectivity index (χ3n) is 2.94. The van der Waals surface area contributed by atoms with Crippen LogP contribution in [0.25, 0.3) is 0 Å². The molecule has 0 fully saturated rings. The van der Waals surface area contributed by atoms with E-state index in [2.05, 4.69) is 0 Å². The number of rotatable bonds is 8. The van der Waals surface area contributed by atoms with Gasteiger partial charge < -0.3 is 0 Å². The van der Waals surface area contributed by atoms with Crippen LogP contribution < -0.4 is 0 Å². The zero-order chi connectivity index (χ0) is 16.9. The molecule has 0 aromatic rings. The Bertz CT molecular complexity index is 397. The molecule has 0 amide bonds. The van der Waals surface area contributed by atoms with Crippen molar-refractivity contribution < 1.29 is 21.6 Å². The van der Waals surface area contributed by atoms with Crippen LogP contribution in [-0.2, 0) is 10.0 Å². The summed E-state index contributed by atoms with van der Waals surface area (Å²) in [5.74, 6) is -0.300. The second-order valence-electron chi connectivity index (χ2n) is 7.10. The van der Waals surface area contributed by atoms with Gasteiger partial charge in [0.1, 0.15) is 0 Å². The first-order valence-electron chi connectivity index (χ1n) is 7.27. The fraction of sp³-hybridized carbons (Fsp3) is 1.00. The quantitative estimate of drug-likeness (QED) is 0.673. The van der Waals surface area contributed by atoms with Crippen LogP contribution in [-0.4, -0.2) is 37.7 Å². The molecule has 0 saturated carbocycles. The Morgan fingerprint density at radius 3 is 1.95 bits per heavy atom. The zero-order valence-corrected chi connectivity index (χ0v) is 14.4. The standard InChI is InChI=1S/C14H28F3NO2S/c1-12(2)11-18(9-8-13(3,4)5)21(19,20)10-6-7-14(15,16)17/h12H,6-11H2,1-5H3. The highest BCUT2D eigenvalue weighted by Crippen LogP contribution is 2.23. The smallest absolute Gasteiger partial charge is 0.212 e. The van der Waals surface area contributed by atoms with Crippen molar-refractivity contribution >= 4 is 10.0 Å². The number of hydrogen-bond donors (Lipinski definition) is 0. The maximum Gasteiger partial charge on any atom is 0.389 e. The minimum Gasteiger partial charge on any atom is -0.212 e. The summed E-state index contributed by atoms with van der Waals surface area (Å²) in [6, 6.07) is 0. The number of nitrogens with zero attached hydrogens (tertiary/aromatic N) is 1. The molecule has 0 aromatic heterocycles. The summed E-state index contributed by atoms with van der Waals surface area (Å²) < 4.78 is 62.2. The van der Waals surface area contributed by atoms with Gasteiger partial charge in [-0.2, -0.15) is 13.2 Å². The Kier molecular flexibility index (Phi) is 7.70. The molecule has 0 aliphatic heterocycles. The molecule has 0 aliphatic rings. The molecule has 0 saturated heterocycles. The van der Waals surface area contributed by atoms with Crippen molar-refractivity contribution in [1.29, 1.82) is 0 Å². The maximum atomic E-state index is 12.2. The van der Waals surface area contributed by atoms with Crippen LogP contribution in [0.5, 0.6) is 0 Å². The molecule has 0 atom stereocenters. The van der Waals surface area contributed by atoms with Crippen molar-refractivity contribution in [3.63, 3.8) is 0 Å². The fourth-order valence-corrected chi connectivity index (χ4v) is 3.46. The van der Waals surface area contributed by atoms with Crippen LogP contribution in [0.1, 0.15) is 53.9 Å². The molecule has 0 spiro atoms. The first-order valence-corrected chi connectivity index (χ1v) is 8.88. The second kappa shape index (κ2) is 7.81. The molecule has 0 bridgehead atoms. The van der Waals surface area contributed by atoms with Crippen molar-refractivity contribution in [1.82, 2.24) is 4.31 Å². The molecule has 0 N–H and O–H groups in total. The molecule has 0 aliphatic carbocycles. The van der Waals surface area contributed by atoms with Gasteiger partial charge in [0.25, 0.3) is 0 Å². The lowest BCUT2D eigenvalue weighted by Crippen LogP contribution is -2.38. The van der Waals surface area contributed by atoms with Gasteiger partial charge in [-0.3, -0.25) is 0 Å². The molecule has 21 heavy (non-hydrogen) atoms. The molecule has 0 heterocycles. The van der Waals surface area contributed by atoms with E-state index in [1.54, 1.807) is 0 Å². The van der Waals surface area contributed by atoms with E-state index >= 15 is 0 Å². The fourth-order valence-electron chi connectivity index (χ4n) is 1.80. The minimum atomic E-state index is -4.30. The summed E-state index contributed by atoms with van der Waals surface area (Å²) in [5.41, 5.74) is -0.0171. The van der Waals surface area contributed by atoms with Crippen LogP contribution in [0, 0.1) is 11.3 Å². The first-order chi connectivity index (χ1) is 9.23. The van der Waals surface area contributed by atoms with E-state index in [4.69, 9.17) is 0 Å². The van der Waals surface area contributed by atoms with Crippen molar-refractivity contribution in [2.24, 2.45) is 11.3 Å². The molecule has 0 unspecified atom stereocenters. The van der Waals surface area contributed by atoms with E-state index in [1.807, 2.05) is 34.6 Å². The summed E-state index contributed by atoms with van der Waals surface area (Å²) >= 11 is 0. The Hall–Kier alpha value is -0.300. The SMILES string of the molecule is CC(C)CN(CCC(C)(C)C)S(=O)(=O)CCCC(F)(F)F. The zero-order valence-electron chi connectivity index (χ0n) is 13.6. The van der Waals surface area contributed by atoms with E-state index < -0.39 is 28.4 Å². The van der Waals surface area contributed by atoms with Crippen LogP contribution >= 0.6 is 0 Å². The van der Waals surface area contributed by atoms with Gasteiger partial charge in [0.05, 0.1) is 5.75 Å². The van der Waals surface area contributed by atoms with E-state index in [0.717, 1.165) is 0 Å². The molecule has 3 nitrogen and oxygen atoms in total. The highest BCUT2D eigenvalue weighted by molar-refractivity contribution is 7.89. The van der Waals surface area contributed by atoms with Gasteiger partial charge in [-0.25, -0.2) is 12.7 Å². The normalized spacial score (nSPS) is 14.2. The van der Waals surface area contributed by atoms with Gasteiger partial charge in [0.15, 0.2) is 0 Å². The van der Waals surface area contributed by atoms with Crippen LogP contribution in [0.3, 0.4) is 0 Å². The van der Waals surface area contributed by atoms with Gasteiger partial charge in [-0.1, -0.05) is 34.6 Å². The van der Waals surface area contributed by atoms with Crippen molar-refractivity contribution in [3.05, 3.63) is 0 Å². The topological polar surface area (TPSA) is 37.4 Å². The highest BCUT2D eigenvalue weighted by Gasteiger charge is 2.29. The third kappa shape index (κ3) is 11.0. The van der Waals surface area contributed by atoms with Gasteiger partial charge in [0, 0.05) is 19.5 Å². The van der Waals surface area contributed by atoms with Crippen molar-refractivity contribution in [3.8, 4) is 0 Å². The summed E-state index contributed by atoms with van der Waals surface area (Å²) in [6.07, 6.45) is -5.06. The highest BCUT2D eigenvalue weighted by atomic mass is 32.2. The van der Waals surface area contributed by atoms with Gasteiger partial charge in [0.2, 0.25) is 10.0 Å². The Morgan fingerprint density at radius 2 is 1.57 bits per heavy atom. The second-order valence-corrected chi connectivity index (χ2v) is 9.19. The van der Waals surface area contributed by atoms with Crippen LogP contribution in [0.15, 0.2) is 0 Å². The van der Waals surface area contributed by atoms with E-state index in [1.165, 1.54) is 4.31 Å². The van der Waals surface area contributed by atoms with Crippen LogP contribution in [0.4, 0.5) is 13.2 Å². The van der Waals surface area contributed by atoms with Crippen molar-refractivity contribution in [2.45, 2.75) is 60.1 Å². The maximum absolute atomic E-state index is 12.2. The lowest BCUT2D eigenvalue weighted by Gasteiger charge is -2.27. The predicted octanol–water partition coefficient (Wildman–Crippen LogP) is 4.05. The number of sulfonamides is 1. The molecular weight excluding hydrogens is 303 g/mol. The molecule has 128 valence electrons. The number of halogens is 3. The van der Waals surface area contributed by atoms with E-state index in [0.29, 0.717) is 19.5 Å². The minimum absolute atomic E-state index is 0.0171. The lowest BCUT2D eigenvalue weighted by atomic mass is 9.92. The monoisotopic (exact) mass is 331 g/mol. The average Bonchev–Trinajstić information content (AvgIpc) is 2.19. The number of alkyl halides is 3. The van der Waals surface area contributed by atoms with E-state index in [9.17, 15) is 21.6 Å². The summed E-state index contributed by atoms with van der Waals surface area (Å²) in [4.78, 5) is 0. The third-order valence-corrected chi connectivity index (χ3v) is 4.86. The Labute approximate surface area is 127 Å². The lowest BCUT2D eigenvalue weighted by molar-refractivity contribution is -0.134. The van der Waals surface area contributed by atoms with Crippen LogP contribution in [0.2, 0.25) is 0 Å². The summed E-state index contributed by atoms with van der Waals surface area (Å²) in [5, 5.41) is 0. The van der Waals surface area contributed by atoms with E-state index in [-0.39, 0.29) is 17.8 Å². The van der Waals surface area contributed by atoms with Gasteiger partial charge in [-0.15, -0.1) is 0 Å².